The van der Waals surface area contributed by atoms with Crippen LogP contribution in [0.2, 0.25) is 10.0 Å². The molecule has 158 valence electrons. The highest BCUT2D eigenvalue weighted by atomic mass is 35.5. The molecule has 1 amide bonds. The lowest BCUT2D eigenvalue weighted by Gasteiger charge is -2.28. The van der Waals surface area contributed by atoms with Crippen molar-refractivity contribution in [3.63, 3.8) is 0 Å². The number of thiophene rings is 1. The molecule has 1 aliphatic rings. The number of halogens is 3. The van der Waals surface area contributed by atoms with Gasteiger partial charge in [0, 0.05) is 26.7 Å². The molecule has 1 aromatic heterocycles. The van der Waals surface area contributed by atoms with Crippen molar-refractivity contribution in [1.82, 2.24) is 4.90 Å². The Morgan fingerprint density at radius 2 is 2.03 bits per heavy atom. The van der Waals surface area contributed by atoms with E-state index >= 15 is 0 Å². The zero-order valence-electron chi connectivity index (χ0n) is 16.0. The second-order valence-corrected chi connectivity index (χ2v) is 11.5. The molecular weight excluding hydrogens is 468 g/mol. The number of hydrogen-bond acceptors (Lipinski definition) is 4. The van der Waals surface area contributed by atoms with Crippen LogP contribution in [0.25, 0.3) is 10.1 Å². The van der Waals surface area contributed by atoms with Gasteiger partial charge in [-0.3, -0.25) is 4.79 Å². The van der Waals surface area contributed by atoms with Gasteiger partial charge in [0.25, 0.3) is 5.91 Å². The van der Waals surface area contributed by atoms with Crippen molar-refractivity contribution in [1.29, 1.82) is 0 Å². The molecule has 0 bridgehead atoms. The number of carbonyl (C=O) groups is 1. The van der Waals surface area contributed by atoms with E-state index in [0.717, 1.165) is 15.6 Å². The van der Waals surface area contributed by atoms with Gasteiger partial charge < -0.3 is 4.90 Å². The van der Waals surface area contributed by atoms with Crippen molar-refractivity contribution in [2.24, 2.45) is 0 Å². The fourth-order valence-corrected chi connectivity index (χ4v) is 7.20. The minimum Gasteiger partial charge on any atom is -0.329 e. The summed E-state index contributed by atoms with van der Waals surface area (Å²) in [6.07, 6.45) is 0.293. The number of aryl methyl sites for hydroxylation is 1. The minimum absolute atomic E-state index is 0.00814. The van der Waals surface area contributed by atoms with E-state index in [1.165, 1.54) is 28.4 Å². The zero-order valence-corrected chi connectivity index (χ0v) is 19.1. The third-order valence-corrected chi connectivity index (χ3v) is 9.03. The molecule has 2 aromatic carbocycles. The summed E-state index contributed by atoms with van der Waals surface area (Å²) in [5.74, 6) is -1.13. The van der Waals surface area contributed by atoms with Crippen LogP contribution < -0.4 is 0 Å². The van der Waals surface area contributed by atoms with Crippen molar-refractivity contribution in [3.8, 4) is 0 Å². The summed E-state index contributed by atoms with van der Waals surface area (Å²) >= 11 is 14.0. The maximum atomic E-state index is 14.4. The molecule has 0 aliphatic carbocycles. The van der Waals surface area contributed by atoms with E-state index in [4.69, 9.17) is 23.2 Å². The molecule has 2 heterocycles. The summed E-state index contributed by atoms with van der Waals surface area (Å²) in [7, 11) is -3.26. The fourth-order valence-electron chi connectivity index (χ4n) is 3.68. The third kappa shape index (κ3) is 4.08. The molecule has 1 saturated heterocycles. The summed E-state index contributed by atoms with van der Waals surface area (Å²) < 4.78 is 39.5. The van der Waals surface area contributed by atoms with Gasteiger partial charge >= 0.3 is 0 Å². The smallest absolute Gasteiger partial charge is 0.266 e. The lowest BCUT2D eigenvalue weighted by atomic mass is 10.1. The van der Waals surface area contributed by atoms with Crippen molar-refractivity contribution < 1.29 is 17.6 Å². The Labute approximate surface area is 188 Å². The summed E-state index contributed by atoms with van der Waals surface area (Å²) in [4.78, 5) is 15.3. The predicted octanol–water partition coefficient (Wildman–Crippen LogP) is 5.49. The van der Waals surface area contributed by atoms with Gasteiger partial charge in [-0.2, -0.15) is 0 Å². The third-order valence-electron chi connectivity index (χ3n) is 5.28. The highest BCUT2D eigenvalue weighted by Crippen LogP contribution is 2.38. The van der Waals surface area contributed by atoms with Gasteiger partial charge in [-0.1, -0.05) is 41.4 Å². The molecule has 30 heavy (non-hydrogen) atoms. The average Bonchev–Trinajstić information content (AvgIpc) is 3.20. The van der Waals surface area contributed by atoms with Gasteiger partial charge in [0.1, 0.15) is 10.7 Å². The van der Waals surface area contributed by atoms with Gasteiger partial charge in [-0.25, -0.2) is 12.8 Å². The van der Waals surface area contributed by atoms with E-state index in [1.54, 1.807) is 6.07 Å². The van der Waals surface area contributed by atoms with Crippen LogP contribution in [0.15, 0.2) is 36.4 Å². The molecule has 1 fully saturated rings. The van der Waals surface area contributed by atoms with Crippen LogP contribution in [-0.4, -0.2) is 36.8 Å². The number of amides is 1. The van der Waals surface area contributed by atoms with Gasteiger partial charge in [0.15, 0.2) is 9.84 Å². The van der Waals surface area contributed by atoms with Crippen LogP contribution in [0.1, 0.15) is 27.2 Å². The number of nitrogens with zero attached hydrogens (tertiary/aromatic N) is 1. The lowest BCUT2D eigenvalue weighted by molar-refractivity contribution is 0.0684. The van der Waals surface area contributed by atoms with E-state index in [1.807, 2.05) is 25.1 Å². The maximum absolute atomic E-state index is 14.4. The van der Waals surface area contributed by atoms with Gasteiger partial charge in [-0.15, -0.1) is 11.3 Å². The first kappa shape index (κ1) is 21.6. The molecule has 0 radical (unpaired) electrons. The van der Waals surface area contributed by atoms with Crippen molar-refractivity contribution in [2.45, 2.75) is 25.9 Å². The topological polar surface area (TPSA) is 54.5 Å². The van der Waals surface area contributed by atoms with Crippen molar-refractivity contribution >= 4 is 60.4 Å². The Morgan fingerprint density at radius 3 is 2.70 bits per heavy atom. The highest BCUT2D eigenvalue weighted by molar-refractivity contribution is 7.91. The van der Waals surface area contributed by atoms with E-state index < -0.39 is 27.6 Å². The van der Waals surface area contributed by atoms with E-state index in [9.17, 15) is 17.6 Å². The Bertz CT molecular complexity index is 1240. The molecule has 0 spiro atoms. The molecule has 1 atom stereocenters. The molecule has 0 saturated carbocycles. The quantitative estimate of drug-likeness (QED) is 0.491. The molecular formula is C21H18Cl2FNO3S2. The summed E-state index contributed by atoms with van der Waals surface area (Å²) in [6.45, 7) is 1.82. The number of rotatable bonds is 4. The molecule has 0 N–H and O–H groups in total. The fraction of sp³-hybridized carbons (Fsp3) is 0.286. The first-order chi connectivity index (χ1) is 14.2. The Balaban J connectivity index is 1.77. The van der Waals surface area contributed by atoms with Crippen LogP contribution in [0, 0.1) is 12.7 Å². The highest BCUT2D eigenvalue weighted by Gasteiger charge is 2.37. The SMILES string of the molecule is Cc1ccc2c(Cl)c(C(=O)N(Cc3c(F)cccc3Cl)C3CCS(=O)(=O)C3)sc2c1. The largest absolute Gasteiger partial charge is 0.329 e. The van der Waals surface area contributed by atoms with Crippen LogP contribution in [0.4, 0.5) is 4.39 Å². The van der Waals surface area contributed by atoms with Gasteiger partial charge in [-0.05, 0) is 37.1 Å². The average molecular weight is 486 g/mol. The van der Waals surface area contributed by atoms with E-state index in [-0.39, 0.29) is 28.6 Å². The second kappa shape index (κ2) is 8.11. The molecule has 9 heteroatoms. The lowest BCUT2D eigenvalue weighted by Crippen LogP contribution is -2.40. The maximum Gasteiger partial charge on any atom is 0.266 e. The summed E-state index contributed by atoms with van der Waals surface area (Å²) in [5, 5.41) is 1.27. The van der Waals surface area contributed by atoms with Crippen LogP contribution >= 0.6 is 34.5 Å². The number of hydrogen-bond donors (Lipinski definition) is 0. The monoisotopic (exact) mass is 485 g/mol. The van der Waals surface area contributed by atoms with Crippen LogP contribution in [-0.2, 0) is 16.4 Å². The number of fused-ring (bicyclic) bond motifs is 1. The molecule has 4 rings (SSSR count). The minimum atomic E-state index is -3.26. The van der Waals surface area contributed by atoms with Gasteiger partial charge in [0.2, 0.25) is 0 Å². The summed E-state index contributed by atoms with van der Waals surface area (Å²) in [5.41, 5.74) is 1.20. The zero-order chi connectivity index (χ0) is 21.6. The number of sulfone groups is 1. The van der Waals surface area contributed by atoms with Crippen molar-refractivity contribution in [3.05, 3.63) is 68.3 Å². The second-order valence-electron chi connectivity index (χ2n) is 7.43. The Kier molecular flexibility index (Phi) is 5.83. The number of carbonyl (C=O) groups excluding carboxylic acids is 1. The summed E-state index contributed by atoms with van der Waals surface area (Å²) in [6, 6.07) is 9.45. The molecule has 3 aromatic rings. The predicted molar refractivity (Wildman–Crippen MR) is 120 cm³/mol. The van der Waals surface area contributed by atoms with E-state index in [0.29, 0.717) is 16.3 Å². The Morgan fingerprint density at radius 1 is 1.27 bits per heavy atom. The van der Waals surface area contributed by atoms with Crippen LogP contribution in [0.5, 0.6) is 0 Å². The normalized spacial score (nSPS) is 18.1. The van der Waals surface area contributed by atoms with Crippen LogP contribution in [0.3, 0.4) is 0 Å². The van der Waals surface area contributed by atoms with E-state index in [2.05, 4.69) is 0 Å². The molecule has 4 nitrogen and oxygen atoms in total. The number of benzene rings is 2. The standard InChI is InChI=1S/C21H18Cl2FNO3S2/c1-12-5-6-14-18(9-12)29-20(19(14)23)21(26)25(13-7-8-30(27,28)11-13)10-15-16(22)3-2-4-17(15)24/h2-6,9,13H,7-8,10-11H2,1H3. The molecule has 1 unspecified atom stereocenters. The van der Waals surface area contributed by atoms with Gasteiger partial charge in [0.05, 0.1) is 23.1 Å². The Hall–Kier alpha value is -1.67. The van der Waals surface area contributed by atoms with Crippen molar-refractivity contribution in [2.75, 3.05) is 11.5 Å². The first-order valence-corrected chi connectivity index (χ1v) is 12.7. The molecule has 1 aliphatic heterocycles. The first-order valence-electron chi connectivity index (χ1n) is 9.29.